The molecule has 1 N–H and O–H groups in total. The van der Waals surface area contributed by atoms with Crippen LogP contribution in [0.3, 0.4) is 0 Å². The number of aryl methyl sites for hydroxylation is 1. The maximum Gasteiger partial charge on any atom is 0.173 e. The van der Waals surface area contributed by atoms with Crippen LogP contribution < -0.4 is 5.32 Å². The topological polar surface area (TPSA) is 55.6 Å². The van der Waals surface area contributed by atoms with Gasteiger partial charge in [-0.15, -0.1) is 5.10 Å². The lowest BCUT2D eigenvalue weighted by Gasteiger charge is -2.20. The third kappa shape index (κ3) is 2.14. The smallest absolute Gasteiger partial charge is 0.173 e. The van der Waals surface area contributed by atoms with Crippen LogP contribution in [-0.4, -0.2) is 27.3 Å². The molecule has 0 saturated carbocycles. The minimum atomic E-state index is 0.134. The normalized spacial score (nSPS) is 16.1. The van der Waals surface area contributed by atoms with E-state index in [2.05, 4.69) is 46.0 Å². The molecule has 0 amide bonds. The lowest BCUT2D eigenvalue weighted by molar-refractivity contribution is 0.584. The molecule has 1 aromatic heterocycles. The molecule has 1 unspecified atom stereocenters. The van der Waals surface area contributed by atoms with E-state index in [9.17, 15) is 0 Å². The highest BCUT2D eigenvalue weighted by molar-refractivity contribution is 5.47. The number of tetrazole rings is 1. The van der Waals surface area contributed by atoms with Gasteiger partial charge in [-0.05, 0) is 67.3 Å². The van der Waals surface area contributed by atoms with E-state index in [1.54, 1.807) is 0 Å². The van der Waals surface area contributed by atoms with Crippen molar-refractivity contribution in [2.45, 2.75) is 38.6 Å². The Kier molecular flexibility index (Phi) is 3.29. The van der Waals surface area contributed by atoms with Crippen molar-refractivity contribution in [3.05, 3.63) is 35.2 Å². The molecule has 0 saturated heterocycles. The quantitative estimate of drug-likeness (QED) is 0.911. The molecular formula is C14H19N5. The highest BCUT2D eigenvalue weighted by Crippen LogP contribution is 2.27. The summed E-state index contributed by atoms with van der Waals surface area (Å²) in [7, 11) is 1.92. The first-order chi connectivity index (χ1) is 9.31. The van der Waals surface area contributed by atoms with Crippen LogP contribution >= 0.6 is 0 Å². The van der Waals surface area contributed by atoms with Crippen LogP contribution in [0.5, 0.6) is 0 Å². The number of benzene rings is 1. The molecule has 5 heteroatoms. The average molecular weight is 257 g/mol. The molecule has 1 atom stereocenters. The van der Waals surface area contributed by atoms with E-state index in [0.717, 1.165) is 17.9 Å². The Balaban J connectivity index is 2.10. The van der Waals surface area contributed by atoms with E-state index in [0.29, 0.717) is 0 Å². The number of fused-ring (bicyclic) bond motifs is 1. The summed E-state index contributed by atoms with van der Waals surface area (Å²) in [5.74, 6) is 0.862. The monoisotopic (exact) mass is 257 g/mol. The highest BCUT2D eigenvalue weighted by atomic mass is 15.5. The van der Waals surface area contributed by atoms with E-state index in [4.69, 9.17) is 0 Å². The fourth-order valence-corrected chi connectivity index (χ4v) is 2.72. The fraction of sp³-hybridized carbons (Fsp3) is 0.500. The van der Waals surface area contributed by atoms with E-state index < -0.39 is 0 Å². The van der Waals surface area contributed by atoms with Crippen LogP contribution in [0.25, 0.3) is 5.69 Å². The molecule has 1 heterocycles. The number of hydrogen-bond donors (Lipinski definition) is 1. The lowest BCUT2D eigenvalue weighted by atomic mass is 9.90. The van der Waals surface area contributed by atoms with Gasteiger partial charge in [0.2, 0.25) is 0 Å². The van der Waals surface area contributed by atoms with Gasteiger partial charge in [0, 0.05) is 0 Å². The molecule has 1 aromatic carbocycles. The average Bonchev–Trinajstić information content (AvgIpc) is 2.95. The summed E-state index contributed by atoms with van der Waals surface area (Å²) in [6, 6.07) is 6.58. The summed E-state index contributed by atoms with van der Waals surface area (Å²) < 4.78 is 1.88. The van der Waals surface area contributed by atoms with Crippen LogP contribution in [0.2, 0.25) is 0 Å². The fourth-order valence-electron chi connectivity index (χ4n) is 2.72. The summed E-state index contributed by atoms with van der Waals surface area (Å²) in [6.45, 7) is 2.07. The van der Waals surface area contributed by atoms with Crippen molar-refractivity contribution in [2.75, 3.05) is 7.05 Å². The maximum atomic E-state index is 4.18. The summed E-state index contributed by atoms with van der Waals surface area (Å²) >= 11 is 0. The van der Waals surface area contributed by atoms with Crippen LogP contribution in [-0.2, 0) is 12.8 Å². The van der Waals surface area contributed by atoms with Gasteiger partial charge in [-0.1, -0.05) is 12.1 Å². The lowest BCUT2D eigenvalue weighted by Crippen LogP contribution is -2.19. The second kappa shape index (κ2) is 5.09. The summed E-state index contributed by atoms with van der Waals surface area (Å²) in [6.07, 6.45) is 4.83. The highest BCUT2D eigenvalue weighted by Gasteiger charge is 2.19. The van der Waals surface area contributed by atoms with Gasteiger partial charge < -0.3 is 5.32 Å². The number of nitrogens with zero attached hydrogens (tertiary/aromatic N) is 4. The molecule has 0 fully saturated rings. The Morgan fingerprint density at radius 1 is 1.26 bits per heavy atom. The molecular weight excluding hydrogens is 238 g/mol. The number of hydrogen-bond acceptors (Lipinski definition) is 4. The zero-order chi connectivity index (χ0) is 13.2. The van der Waals surface area contributed by atoms with Gasteiger partial charge in [0.05, 0.1) is 11.7 Å². The first-order valence-electron chi connectivity index (χ1n) is 6.88. The molecule has 1 aliphatic carbocycles. The van der Waals surface area contributed by atoms with Crippen molar-refractivity contribution >= 4 is 0 Å². The Morgan fingerprint density at radius 2 is 2.11 bits per heavy atom. The Hall–Kier alpha value is -1.75. The maximum absolute atomic E-state index is 4.18. The van der Waals surface area contributed by atoms with E-state index in [-0.39, 0.29) is 6.04 Å². The number of rotatable bonds is 3. The van der Waals surface area contributed by atoms with Crippen LogP contribution in [0.15, 0.2) is 18.2 Å². The van der Waals surface area contributed by atoms with E-state index >= 15 is 0 Å². The zero-order valence-electron chi connectivity index (χ0n) is 11.4. The second-order valence-corrected chi connectivity index (χ2v) is 5.08. The molecule has 0 bridgehead atoms. The minimum absolute atomic E-state index is 0.134. The van der Waals surface area contributed by atoms with Crippen LogP contribution in [0, 0.1) is 0 Å². The van der Waals surface area contributed by atoms with Crippen molar-refractivity contribution < 1.29 is 0 Å². The number of aromatic nitrogens is 4. The standard InChI is InChI=1S/C14H19N5/c1-10(15-2)14-16-17-18-19(14)13-9-5-7-11-6-3-4-8-12(11)13/h5,7,9-10,15H,3-4,6,8H2,1-2H3. The Morgan fingerprint density at radius 3 is 2.95 bits per heavy atom. The van der Waals surface area contributed by atoms with Crippen molar-refractivity contribution in [1.82, 2.24) is 25.5 Å². The van der Waals surface area contributed by atoms with Crippen LogP contribution in [0.1, 0.15) is 42.8 Å². The van der Waals surface area contributed by atoms with Gasteiger partial charge in [0.1, 0.15) is 0 Å². The summed E-state index contributed by atoms with van der Waals surface area (Å²) in [5.41, 5.74) is 3.99. The molecule has 0 spiro atoms. The molecule has 19 heavy (non-hydrogen) atoms. The van der Waals surface area contributed by atoms with Gasteiger partial charge in [-0.25, -0.2) is 0 Å². The van der Waals surface area contributed by atoms with Crippen molar-refractivity contribution in [3.8, 4) is 5.69 Å². The van der Waals surface area contributed by atoms with Gasteiger partial charge >= 0.3 is 0 Å². The second-order valence-electron chi connectivity index (χ2n) is 5.08. The Labute approximate surface area is 113 Å². The summed E-state index contributed by atoms with van der Waals surface area (Å²) in [4.78, 5) is 0. The van der Waals surface area contributed by atoms with Crippen molar-refractivity contribution in [1.29, 1.82) is 0 Å². The number of nitrogens with one attached hydrogen (secondary N) is 1. The van der Waals surface area contributed by atoms with Crippen molar-refractivity contribution in [2.24, 2.45) is 0 Å². The van der Waals surface area contributed by atoms with Crippen LogP contribution in [0.4, 0.5) is 0 Å². The van der Waals surface area contributed by atoms with Gasteiger partial charge in [-0.2, -0.15) is 4.68 Å². The Bertz CT molecular complexity index is 575. The molecule has 1 aliphatic rings. The van der Waals surface area contributed by atoms with E-state index in [1.807, 2.05) is 11.7 Å². The predicted octanol–water partition coefficient (Wildman–Crippen LogP) is 1.82. The SMILES string of the molecule is CNC(C)c1nnnn1-c1cccc2c1CCCC2. The van der Waals surface area contributed by atoms with Gasteiger partial charge in [0.25, 0.3) is 0 Å². The first kappa shape index (κ1) is 12.3. The largest absolute Gasteiger partial charge is 0.311 e. The summed E-state index contributed by atoms with van der Waals surface area (Å²) in [5, 5.41) is 15.4. The molecule has 2 aromatic rings. The molecule has 3 rings (SSSR count). The van der Waals surface area contributed by atoms with E-state index in [1.165, 1.54) is 30.4 Å². The zero-order valence-corrected chi connectivity index (χ0v) is 11.4. The van der Waals surface area contributed by atoms with Gasteiger partial charge in [0.15, 0.2) is 5.82 Å². The minimum Gasteiger partial charge on any atom is -0.311 e. The predicted molar refractivity (Wildman–Crippen MR) is 73.3 cm³/mol. The van der Waals surface area contributed by atoms with Gasteiger partial charge in [-0.3, -0.25) is 0 Å². The third-order valence-electron chi connectivity index (χ3n) is 3.91. The molecule has 0 radical (unpaired) electrons. The molecule has 100 valence electrons. The molecule has 0 aliphatic heterocycles. The molecule has 5 nitrogen and oxygen atoms in total. The van der Waals surface area contributed by atoms with Crippen molar-refractivity contribution in [3.63, 3.8) is 0 Å². The third-order valence-corrected chi connectivity index (χ3v) is 3.91. The first-order valence-corrected chi connectivity index (χ1v) is 6.88.